The topological polar surface area (TPSA) is 164 Å². The molecule has 5 N–H and O–H groups in total. The summed E-state index contributed by atoms with van der Waals surface area (Å²) in [6, 6.07) is 3.34. The minimum atomic E-state index is -1.25. The SMILES string of the molecule is COc1cc(CNc2ncnc3c2ncn3[C@@H]2O[C@H](CO)C(O)[C@@H]2O)cc(OC)c1O. The predicted molar refractivity (Wildman–Crippen MR) is 107 cm³/mol. The van der Waals surface area contributed by atoms with Crippen LogP contribution in [0.25, 0.3) is 11.2 Å². The average molecular weight is 433 g/mol. The number of phenols is 1. The highest BCUT2D eigenvalue weighted by Gasteiger charge is 2.44. The summed E-state index contributed by atoms with van der Waals surface area (Å²) in [5, 5.41) is 42.8. The molecule has 12 nitrogen and oxygen atoms in total. The molecule has 166 valence electrons. The highest BCUT2D eigenvalue weighted by Crippen LogP contribution is 2.37. The molecule has 0 radical (unpaired) electrons. The fourth-order valence-corrected chi connectivity index (χ4v) is 3.51. The van der Waals surface area contributed by atoms with Crippen LogP contribution in [0.5, 0.6) is 17.2 Å². The van der Waals surface area contributed by atoms with E-state index in [0.717, 1.165) is 5.56 Å². The lowest BCUT2D eigenvalue weighted by molar-refractivity contribution is -0.0511. The van der Waals surface area contributed by atoms with E-state index >= 15 is 0 Å². The predicted octanol–water partition coefficient (Wildman–Crippen LogP) is -0.227. The number of aliphatic hydroxyl groups excluding tert-OH is 3. The third-order valence-corrected chi connectivity index (χ3v) is 5.15. The molecule has 1 unspecified atom stereocenters. The molecule has 12 heteroatoms. The molecule has 3 heterocycles. The smallest absolute Gasteiger partial charge is 0.200 e. The molecular formula is C19H23N5O7. The number of benzene rings is 1. The van der Waals surface area contributed by atoms with Crippen molar-refractivity contribution in [2.45, 2.75) is 31.1 Å². The number of aromatic hydroxyl groups is 1. The minimum absolute atomic E-state index is 0.0876. The van der Waals surface area contributed by atoms with Crippen molar-refractivity contribution in [2.75, 3.05) is 26.1 Å². The molecule has 1 fully saturated rings. The van der Waals surface area contributed by atoms with Crippen LogP contribution >= 0.6 is 0 Å². The zero-order valence-electron chi connectivity index (χ0n) is 16.8. The van der Waals surface area contributed by atoms with Gasteiger partial charge in [-0.1, -0.05) is 0 Å². The second kappa shape index (κ2) is 8.51. The summed E-state index contributed by atoms with van der Waals surface area (Å²) in [6.07, 6.45) is -1.58. The molecule has 1 aromatic carbocycles. The second-order valence-electron chi connectivity index (χ2n) is 6.98. The van der Waals surface area contributed by atoms with Crippen LogP contribution in [0, 0.1) is 0 Å². The van der Waals surface area contributed by atoms with E-state index in [-0.39, 0.29) is 17.2 Å². The van der Waals surface area contributed by atoms with Gasteiger partial charge in [-0.3, -0.25) is 4.57 Å². The molecule has 0 bridgehead atoms. The summed E-state index contributed by atoms with van der Waals surface area (Å²) in [5.74, 6) is 0.896. The van der Waals surface area contributed by atoms with Gasteiger partial charge in [0.15, 0.2) is 34.7 Å². The van der Waals surface area contributed by atoms with Gasteiger partial charge in [0.1, 0.15) is 24.6 Å². The summed E-state index contributed by atoms with van der Waals surface area (Å²) in [4.78, 5) is 12.8. The molecule has 0 aliphatic carbocycles. The van der Waals surface area contributed by atoms with Gasteiger partial charge in [-0.05, 0) is 17.7 Å². The molecule has 31 heavy (non-hydrogen) atoms. The summed E-state index contributed by atoms with van der Waals surface area (Å²) in [5.41, 5.74) is 1.58. The Morgan fingerprint density at radius 2 is 1.81 bits per heavy atom. The fraction of sp³-hybridized carbons (Fsp3) is 0.421. The number of ether oxygens (including phenoxy) is 3. The van der Waals surface area contributed by atoms with Crippen molar-refractivity contribution >= 4 is 17.0 Å². The first kappa shape index (κ1) is 21.1. The van der Waals surface area contributed by atoms with Gasteiger partial charge in [0.05, 0.1) is 27.2 Å². The highest BCUT2D eigenvalue weighted by molar-refractivity contribution is 5.82. The molecular weight excluding hydrogens is 410 g/mol. The molecule has 0 amide bonds. The maximum atomic E-state index is 10.3. The number of phenolic OH excluding ortho intramolecular Hbond substituents is 1. The molecule has 0 saturated carbocycles. The number of anilines is 1. The van der Waals surface area contributed by atoms with E-state index in [4.69, 9.17) is 14.2 Å². The van der Waals surface area contributed by atoms with E-state index in [2.05, 4.69) is 20.3 Å². The van der Waals surface area contributed by atoms with Crippen molar-refractivity contribution in [3.63, 3.8) is 0 Å². The van der Waals surface area contributed by atoms with E-state index < -0.39 is 31.1 Å². The lowest BCUT2D eigenvalue weighted by Gasteiger charge is -2.16. The molecule has 4 atom stereocenters. The third-order valence-electron chi connectivity index (χ3n) is 5.15. The standard InChI is InChI=1S/C19H23N5O7/c1-29-10-3-9(4-11(30-2)14(10)26)5-20-17-13-18(22-7-21-17)24(8-23-13)19-16(28)15(27)12(6-25)31-19/h3-4,7-8,12,15-16,19,25-28H,5-6H2,1-2H3,(H,20,21,22)/t12-,15?,16+,19-/m1/s1. The van der Waals surface area contributed by atoms with Gasteiger partial charge >= 0.3 is 0 Å². The second-order valence-corrected chi connectivity index (χ2v) is 6.98. The molecule has 0 spiro atoms. The van der Waals surface area contributed by atoms with Crippen molar-refractivity contribution in [1.82, 2.24) is 19.5 Å². The molecule has 1 aliphatic rings. The van der Waals surface area contributed by atoms with Crippen molar-refractivity contribution in [3.05, 3.63) is 30.4 Å². The normalized spacial score (nSPS) is 23.3. The fourth-order valence-electron chi connectivity index (χ4n) is 3.51. The van der Waals surface area contributed by atoms with Gasteiger partial charge < -0.3 is 40.0 Å². The Morgan fingerprint density at radius 1 is 1.10 bits per heavy atom. The van der Waals surface area contributed by atoms with E-state index in [1.807, 2.05) is 0 Å². The Bertz CT molecular complexity index is 1050. The van der Waals surface area contributed by atoms with Crippen LogP contribution < -0.4 is 14.8 Å². The van der Waals surface area contributed by atoms with Gasteiger partial charge in [0.25, 0.3) is 0 Å². The molecule has 3 aromatic rings. The Hall–Kier alpha value is -3.19. The number of aliphatic hydroxyl groups is 3. The van der Waals surface area contributed by atoms with Crippen LogP contribution in [0.2, 0.25) is 0 Å². The molecule has 2 aromatic heterocycles. The van der Waals surface area contributed by atoms with Crippen molar-refractivity contribution < 1.29 is 34.6 Å². The third kappa shape index (κ3) is 3.70. The maximum absolute atomic E-state index is 10.3. The van der Waals surface area contributed by atoms with E-state index in [1.165, 1.54) is 31.4 Å². The van der Waals surface area contributed by atoms with Crippen LogP contribution in [0.3, 0.4) is 0 Å². The zero-order chi connectivity index (χ0) is 22.1. The quantitative estimate of drug-likeness (QED) is 0.334. The molecule has 1 aliphatic heterocycles. The number of nitrogens with zero attached hydrogens (tertiary/aromatic N) is 4. The van der Waals surface area contributed by atoms with Crippen molar-refractivity contribution in [2.24, 2.45) is 0 Å². The van der Waals surface area contributed by atoms with Crippen LogP contribution in [-0.2, 0) is 11.3 Å². The Morgan fingerprint density at radius 3 is 2.42 bits per heavy atom. The highest BCUT2D eigenvalue weighted by atomic mass is 16.6. The van der Waals surface area contributed by atoms with E-state index in [1.54, 1.807) is 12.1 Å². The van der Waals surface area contributed by atoms with E-state index in [9.17, 15) is 20.4 Å². The van der Waals surface area contributed by atoms with Gasteiger partial charge in [-0.15, -0.1) is 0 Å². The Kier molecular flexibility index (Phi) is 5.78. The summed E-state index contributed by atoms with van der Waals surface area (Å²) >= 11 is 0. The maximum Gasteiger partial charge on any atom is 0.200 e. The number of hydrogen-bond donors (Lipinski definition) is 5. The monoisotopic (exact) mass is 433 g/mol. The Balaban J connectivity index is 1.60. The van der Waals surface area contributed by atoms with Gasteiger partial charge in [0.2, 0.25) is 5.75 Å². The summed E-state index contributed by atoms with van der Waals surface area (Å²) < 4.78 is 17.4. The van der Waals surface area contributed by atoms with Gasteiger partial charge in [-0.25, -0.2) is 15.0 Å². The zero-order valence-corrected chi connectivity index (χ0v) is 16.8. The first-order valence-electron chi connectivity index (χ1n) is 9.46. The average Bonchev–Trinajstić information content (AvgIpc) is 3.34. The number of hydrogen-bond acceptors (Lipinski definition) is 11. The Labute approximate surface area is 176 Å². The van der Waals surface area contributed by atoms with Crippen molar-refractivity contribution in [1.29, 1.82) is 0 Å². The number of nitrogens with one attached hydrogen (secondary N) is 1. The van der Waals surface area contributed by atoms with Crippen LogP contribution in [-0.4, -0.2) is 79.1 Å². The number of aromatic nitrogens is 4. The number of rotatable bonds is 7. The summed E-state index contributed by atoms with van der Waals surface area (Å²) in [6.45, 7) is -0.109. The largest absolute Gasteiger partial charge is 0.502 e. The lowest BCUT2D eigenvalue weighted by atomic mass is 10.1. The minimum Gasteiger partial charge on any atom is -0.502 e. The first-order valence-corrected chi connectivity index (χ1v) is 9.46. The van der Waals surface area contributed by atoms with Crippen LogP contribution in [0.15, 0.2) is 24.8 Å². The van der Waals surface area contributed by atoms with Crippen LogP contribution in [0.4, 0.5) is 5.82 Å². The number of fused-ring (bicyclic) bond motifs is 1. The summed E-state index contributed by atoms with van der Waals surface area (Å²) in [7, 11) is 2.90. The first-order chi connectivity index (χ1) is 15.0. The van der Waals surface area contributed by atoms with Gasteiger partial charge in [-0.2, -0.15) is 0 Å². The molecule has 1 saturated heterocycles. The van der Waals surface area contributed by atoms with E-state index in [0.29, 0.717) is 23.5 Å². The number of methoxy groups -OCH3 is 2. The van der Waals surface area contributed by atoms with Crippen molar-refractivity contribution in [3.8, 4) is 17.2 Å². The van der Waals surface area contributed by atoms with Gasteiger partial charge in [0, 0.05) is 6.54 Å². The lowest BCUT2D eigenvalue weighted by Crippen LogP contribution is -2.33. The number of imidazole rings is 1. The van der Waals surface area contributed by atoms with Crippen LogP contribution in [0.1, 0.15) is 11.8 Å². The molecule has 4 rings (SSSR count).